The first-order valence-corrected chi connectivity index (χ1v) is 6.13. The van der Waals surface area contributed by atoms with E-state index in [1.54, 1.807) is 12.0 Å². The Morgan fingerprint density at radius 3 is 2.53 bits per heavy atom. The molecule has 1 heterocycles. The molecule has 2 rings (SSSR count). The van der Waals surface area contributed by atoms with Gasteiger partial charge in [-0.2, -0.15) is 15.0 Å². The third-order valence-electron chi connectivity index (χ3n) is 2.59. The Morgan fingerprint density at radius 2 is 1.89 bits per heavy atom. The molecule has 0 aliphatic heterocycles. The molecular formula is C13H15ClN4O. The first-order valence-electron chi connectivity index (χ1n) is 5.75. The van der Waals surface area contributed by atoms with Crippen LogP contribution in [0.3, 0.4) is 0 Å². The van der Waals surface area contributed by atoms with Crippen molar-refractivity contribution in [3.05, 3.63) is 29.0 Å². The molecule has 0 saturated carbocycles. The Kier molecular flexibility index (Phi) is 3.85. The zero-order valence-corrected chi connectivity index (χ0v) is 12.1. The van der Waals surface area contributed by atoms with Gasteiger partial charge in [0.25, 0.3) is 0 Å². The second kappa shape index (κ2) is 5.40. The van der Waals surface area contributed by atoms with Gasteiger partial charge in [-0.1, -0.05) is 11.6 Å². The van der Waals surface area contributed by atoms with Gasteiger partial charge in [-0.15, -0.1) is 0 Å². The van der Waals surface area contributed by atoms with Crippen molar-refractivity contribution in [2.45, 2.75) is 6.92 Å². The third-order valence-corrected chi connectivity index (χ3v) is 2.76. The molecule has 0 aliphatic rings. The molecule has 2 aromatic rings. The summed E-state index contributed by atoms with van der Waals surface area (Å²) in [5.41, 5.74) is 1.90. The van der Waals surface area contributed by atoms with E-state index in [9.17, 15) is 0 Å². The highest BCUT2D eigenvalue weighted by atomic mass is 35.5. The molecule has 0 radical (unpaired) electrons. The van der Waals surface area contributed by atoms with Crippen LogP contribution in [-0.2, 0) is 0 Å². The Hall–Kier alpha value is -1.88. The standard InChI is InChI=1S/C13H15ClN4O/c1-8-5-6-10(19-4)9(7-8)11-15-12(14)17-13(16-11)18(2)3/h5-7H,1-4H3. The summed E-state index contributed by atoms with van der Waals surface area (Å²) in [4.78, 5) is 14.4. The van der Waals surface area contributed by atoms with Crippen molar-refractivity contribution in [1.82, 2.24) is 15.0 Å². The molecule has 0 fully saturated rings. The van der Waals surface area contributed by atoms with Crippen LogP contribution in [0.4, 0.5) is 5.95 Å². The van der Waals surface area contributed by atoms with Gasteiger partial charge in [-0.25, -0.2) is 0 Å². The predicted octanol–water partition coefficient (Wildman–Crippen LogP) is 2.58. The van der Waals surface area contributed by atoms with Crippen molar-refractivity contribution < 1.29 is 4.74 Å². The number of methoxy groups -OCH3 is 1. The van der Waals surface area contributed by atoms with Gasteiger partial charge in [0.05, 0.1) is 12.7 Å². The molecule has 0 saturated heterocycles. The minimum Gasteiger partial charge on any atom is -0.496 e. The predicted molar refractivity (Wildman–Crippen MR) is 75.9 cm³/mol. The van der Waals surface area contributed by atoms with Crippen LogP contribution in [0.2, 0.25) is 5.28 Å². The first kappa shape index (κ1) is 13.5. The maximum absolute atomic E-state index is 5.95. The number of hydrogen-bond acceptors (Lipinski definition) is 5. The van der Waals surface area contributed by atoms with Gasteiger partial charge in [0, 0.05) is 14.1 Å². The minimum atomic E-state index is 0.164. The van der Waals surface area contributed by atoms with Crippen LogP contribution in [0, 0.1) is 6.92 Å². The van der Waals surface area contributed by atoms with Gasteiger partial charge in [0.1, 0.15) is 5.75 Å². The quantitative estimate of drug-likeness (QED) is 0.864. The summed E-state index contributed by atoms with van der Waals surface area (Å²) >= 11 is 5.95. The molecule has 5 nitrogen and oxygen atoms in total. The maximum atomic E-state index is 5.95. The molecule has 0 spiro atoms. The summed E-state index contributed by atoms with van der Waals surface area (Å²) in [6.45, 7) is 2.00. The second-order valence-electron chi connectivity index (χ2n) is 4.33. The van der Waals surface area contributed by atoms with Crippen molar-refractivity contribution in [3.63, 3.8) is 0 Å². The first-order chi connectivity index (χ1) is 9.01. The van der Waals surface area contributed by atoms with E-state index in [4.69, 9.17) is 16.3 Å². The van der Waals surface area contributed by atoms with Gasteiger partial charge < -0.3 is 9.64 Å². The van der Waals surface area contributed by atoms with Gasteiger partial charge in [-0.3, -0.25) is 0 Å². The lowest BCUT2D eigenvalue weighted by Gasteiger charge is -2.13. The van der Waals surface area contributed by atoms with Crippen molar-refractivity contribution in [2.75, 3.05) is 26.1 Å². The molecule has 0 amide bonds. The van der Waals surface area contributed by atoms with E-state index in [-0.39, 0.29) is 5.28 Å². The Morgan fingerprint density at radius 1 is 1.16 bits per heavy atom. The smallest absolute Gasteiger partial charge is 0.229 e. The lowest BCUT2D eigenvalue weighted by molar-refractivity contribution is 0.416. The topological polar surface area (TPSA) is 51.1 Å². The molecule has 1 aromatic carbocycles. The van der Waals surface area contributed by atoms with Gasteiger partial charge >= 0.3 is 0 Å². The van der Waals surface area contributed by atoms with Gasteiger partial charge in [0.15, 0.2) is 5.82 Å². The largest absolute Gasteiger partial charge is 0.496 e. The van der Waals surface area contributed by atoms with Crippen molar-refractivity contribution in [3.8, 4) is 17.1 Å². The number of anilines is 1. The summed E-state index contributed by atoms with van der Waals surface area (Å²) in [5, 5.41) is 0.164. The molecular weight excluding hydrogens is 264 g/mol. The van der Waals surface area contributed by atoms with E-state index >= 15 is 0 Å². The molecule has 0 N–H and O–H groups in total. The van der Waals surface area contributed by atoms with Crippen LogP contribution >= 0.6 is 11.6 Å². The zero-order valence-electron chi connectivity index (χ0n) is 11.3. The Labute approximate surface area is 117 Å². The molecule has 100 valence electrons. The summed E-state index contributed by atoms with van der Waals surface area (Å²) in [7, 11) is 5.32. The van der Waals surface area contributed by atoms with E-state index in [0.717, 1.165) is 11.1 Å². The highest BCUT2D eigenvalue weighted by molar-refractivity contribution is 6.28. The molecule has 0 atom stereocenters. The Bertz CT molecular complexity index is 601. The number of halogens is 1. The van der Waals surface area contributed by atoms with Crippen molar-refractivity contribution >= 4 is 17.5 Å². The number of benzene rings is 1. The lowest BCUT2D eigenvalue weighted by Crippen LogP contribution is -2.14. The van der Waals surface area contributed by atoms with Crippen molar-refractivity contribution in [1.29, 1.82) is 0 Å². The molecule has 1 aromatic heterocycles. The van der Waals surface area contributed by atoms with Crippen LogP contribution in [-0.4, -0.2) is 36.2 Å². The summed E-state index contributed by atoms with van der Waals surface area (Å²) in [6, 6.07) is 5.82. The highest BCUT2D eigenvalue weighted by Crippen LogP contribution is 2.29. The SMILES string of the molecule is COc1ccc(C)cc1-c1nc(Cl)nc(N(C)C)n1. The van der Waals surface area contributed by atoms with E-state index < -0.39 is 0 Å². The second-order valence-corrected chi connectivity index (χ2v) is 4.66. The average molecular weight is 279 g/mol. The van der Waals surface area contributed by atoms with E-state index in [1.165, 1.54) is 0 Å². The van der Waals surface area contributed by atoms with Gasteiger partial charge in [-0.05, 0) is 30.7 Å². The third kappa shape index (κ3) is 2.93. The average Bonchev–Trinajstić information content (AvgIpc) is 2.37. The summed E-state index contributed by atoms with van der Waals surface area (Å²) in [6.07, 6.45) is 0. The van der Waals surface area contributed by atoms with Crippen molar-refractivity contribution in [2.24, 2.45) is 0 Å². The van der Waals surface area contributed by atoms with Crippen LogP contribution < -0.4 is 9.64 Å². The maximum Gasteiger partial charge on any atom is 0.229 e. The normalized spacial score (nSPS) is 10.4. The molecule has 6 heteroatoms. The number of rotatable bonds is 3. The molecule has 0 bridgehead atoms. The summed E-state index contributed by atoms with van der Waals surface area (Å²) in [5.74, 6) is 1.72. The fourth-order valence-electron chi connectivity index (χ4n) is 1.66. The molecule has 0 aliphatic carbocycles. The molecule has 0 unspecified atom stereocenters. The number of aryl methyl sites for hydroxylation is 1. The summed E-state index contributed by atoms with van der Waals surface area (Å²) < 4.78 is 5.34. The zero-order chi connectivity index (χ0) is 14.0. The van der Waals surface area contributed by atoms with Crippen LogP contribution in [0.1, 0.15) is 5.56 Å². The number of ether oxygens (including phenoxy) is 1. The van der Waals surface area contributed by atoms with E-state index in [1.807, 2.05) is 39.2 Å². The van der Waals surface area contributed by atoms with Crippen LogP contribution in [0.25, 0.3) is 11.4 Å². The fourth-order valence-corrected chi connectivity index (χ4v) is 1.81. The van der Waals surface area contributed by atoms with E-state index in [2.05, 4.69) is 15.0 Å². The van der Waals surface area contributed by atoms with E-state index in [0.29, 0.717) is 17.5 Å². The minimum absolute atomic E-state index is 0.164. The van der Waals surface area contributed by atoms with Crippen LogP contribution in [0.5, 0.6) is 5.75 Å². The number of aromatic nitrogens is 3. The fraction of sp³-hybridized carbons (Fsp3) is 0.308. The number of hydrogen-bond donors (Lipinski definition) is 0. The lowest BCUT2D eigenvalue weighted by atomic mass is 10.1. The molecule has 19 heavy (non-hydrogen) atoms. The highest BCUT2D eigenvalue weighted by Gasteiger charge is 2.13. The van der Waals surface area contributed by atoms with Gasteiger partial charge in [0.2, 0.25) is 11.2 Å². The monoisotopic (exact) mass is 278 g/mol. The Balaban J connectivity index is 2.61. The van der Waals surface area contributed by atoms with Crippen LogP contribution in [0.15, 0.2) is 18.2 Å². The number of nitrogens with zero attached hydrogens (tertiary/aromatic N) is 4.